The summed E-state index contributed by atoms with van der Waals surface area (Å²) in [4.78, 5) is 4.99. The summed E-state index contributed by atoms with van der Waals surface area (Å²) in [6.07, 6.45) is 0. The van der Waals surface area contributed by atoms with E-state index < -0.39 is 8.07 Å². The van der Waals surface area contributed by atoms with Crippen LogP contribution in [0, 0.1) is 6.92 Å². The second-order valence-corrected chi connectivity index (χ2v) is 29.4. The van der Waals surface area contributed by atoms with E-state index in [-0.39, 0.29) is 13.4 Å². The van der Waals surface area contributed by atoms with Crippen LogP contribution in [-0.4, -0.2) is 21.5 Å². The highest BCUT2D eigenvalue weighted by atomic mass is 79.9. The molecule has 0 saturated carbocycles. The van der Waals surface area contributed by atoms with E-state index in [1.807, 2.05) is 0 Å². The van der Waals surface area contributed by atoms with Crippen molar-refractivity contribution in [2.24, 2.45) is 0 Å². The van der Waals surface area contributed by atoms with Crippen LogP contribution in [0.15, 0.2) is 254 Å². The third-order valence-electron chi connectivity index (χ3n) is 18.0. The Balaban J connectivity index is 1.11. The molecule has 17 rings (SSSR count). The fourth-order valence-electron chi connectivity index (χ4n) is 15.1. The molecule has 0 amide bonds. The highest BCUT2D eigenvalue weighted by Crippen LogP contribution is 2.50. The van der Waals surface area contributed by atoms with Gasteiger partial charge in [0, 0.05) is 52.0 Å². The molecule has 0 fully saturated rings. The molecule has 0 bridgehead atoms. The fourth-order valence-corrected chi connectivity index (χ4v) is 21.7. The van der Waals surface area contributed by atoms with Gasteiger partial charge < -0.3 is 9.80 Å². The molecule has 13 aromatic rings. The quantitative estimate of drug-likeness (QED) is 0.0930. The van der Waals surface area contributed by atoms with Crippen molar-refractivity contribution >= 4 is 205 Å². The van der Waals surface area contributed by atoms with Gasteiger partial charge in [-0.3, -0.25) is 0 Å². The third kappa shape index (κ3) is 6.47. The monoisotopic (exact) mass is 1290 g/mol. The molecule has 80 heavy (non-hydrogen) atoms. The van der Waals surface area contributed by atoms with Crippen molar-refractivity contribution in [2.75, 3.05) is 9.80 Å². The molecule has 4 aliphatic rings. The Hall–Kier alpha value is -7.23. The summed E-state index contributed by atoms with van der Waals surface area (Å²) in [5, 5.41) is 13.5. The standard InChI is InChI=1S/C71H42B2Br4N2Si/c1-41-31-52-54-32-44(76)36-63-70(54)73(58-30-28-43(75)35-62(58)78(63)46-17-7-2-8-18-46)60-39-56-65(80(48-21-11-4-12-22-48,49-23-13-5-14-24-49)50-25-15-6-16-26-50)40-53-55-33-45(77)37-64-71(55)72(59-38-51(41)68(66(52)60)69(56)67(53)59)57-29-27-42(74)34-61(57)79(64)47-19-9-3-10-20-47/h2-40H,1H3. The third-order valence-corrected chi connectivity index (χ3v) is 24.7. The molecule has 0 aliphatic carbocycles. The molecule has 374 valence electrons. The number of anilines is 6. The maximum atomic E-state index is 4.19. The van der Waals surface area contributed by atoms with Crippen LogP contribution in [0.2, 0.25) is 0 Å². The summed E-state index contributed by atoms with van der Waals surface area (Å²) in [5.74, 6) is 0. The van der Waals surface area contributed by atoms with E-state index in [0.29, 0.717) is 0 Å². The van der Waals surface area contributed by atoms with Crippen molar-refractivity contribution < 1.29 is 0 Å². The molecule has 4 aliphatic heterocycles. The van der Waals surface area contributed by atoms with Crippen LogP contribution in [0.1, 0.15) is 5.56 Å². The minimum absolute atomic E-state index is 0.0428. The summed E-state index contributed by atoms with van der Waals surface area (Å²) >= 11 is 16.3. The van der Waals surface area contributed by atoms with Gasteiger partial charge in [-0.2, -0.15) is 0 Å². The Morgan fingerprint density at radius 3 is 1.16 bits per heavy atom. The van der Waals surface area contributed by atoms with E-state index >= 15 is 0 Å². The molecular formula is C71H42B2Br4N2Si. The number of rotatable bonds is 6. The molecule has 0 aromatic heterocycles. The van der Waals surface area contributed by atoms with E-state index in [9.17, 15) is 0 Å². The molecule has 0 unspecified atom stereocenters. The van der Waals surface area contributed by atoms with Crippen molar-refractivity contribution in [3.63, 3.8) is 0 Å². The van der Waals surface area contributed by atoms with Crippen molar-refractivity contribution in [2.45, 2.75) is 6.92 Å². The summed E-state index contributed by atoms with van der Waals surface area (Å²) in [7, 11) is -3.26. The SMILES string of the molecule is Cc1cc2c3c(cc4c([Si](c5ccccc5)(c5ccccc5)c5ccccc5)cc5c6c(cc1c3c46)B1c3ccc(Br)cc3N(c3ccccc3)c3cc(Br)cc-5c31)B1c3ccc(Br)cc3N(c3ccccc3)c3cc(Br)cc-2c31. The summed E-state index contributed by atoms with van der Waals surface area (Å²) in [6.45, 7) is 2.26. The topological polar surface area (TPSA) is 6.48 Å². The number of benzene rings is 13. The van der Waals surface area contributed by atoms with Crippen molar-refractivity contribution in [1.29, 1.82) is 0 Å². The number of para-hydroxylation sites is 2. The Bertz CT molecular complexity index is 4700. The Morgan fingerprint density at radius 2 is 0.713 bits per heavy atom. The highest BCUT2D eigenvalue weighted by molar-refractivity contribution is 9.11. The Labute approximate surface area is 499 Å². The first-order valence-corrected chi connectivity index (χ1v) is 32.4. The van der Waals surface area contributed by atoms with Gasteiger partial charge >= 0.3 is 0 Å². The molecule has 0 saturated heterocycles. The van der Waals surface area contributed by atoms with Crippen molar-refractivity contribution in [3.05, 3.63) is 260 Å². The molecule has 0 atom stereocenters. The van der Waals surface area contributed by atoms with Gasteiger partial charge in [-0.25, -0.2) is 0 Å². The highest BCUT2D eigenvalue weighted by Gasteiger charge is 2.49. The molecule has 0 N–H and O–H groups in total. The van der Waals surface area contributed by atoms with Gasteiger partial charge in [-0.1, -0.05) is 238 Å². The lowest BCUT2D eigenvalue weighted by Gasteiger charge is -2.43. The zero-order chi connectivity index (χ0) is 53.3. The van der Waals surface area contributed by atoms with Crippen LogP contribution >= 0.6 is 63.7 Å². The zero-order valence-electron chi connectivity index (χ0n) is 43.1. The lowest BCUT2D eigenvalue weighted by atomic mass is 9.31. The minimum Gasteiger partial charge on any atom is -0.311 e. The van der Waals surface area contributed by atoms with Crippen LogP contribution in [0.25, 0.3) is 54.6 Å². The van der Waals surface area contributed by atoms with Crippen molar-refractivity contribution in [3.8, 4) is 22.3 Å². The first kappa shape index (κ1) is 47.6. The van der Waals surface area contributed by atoms with Gasteiger partial charge in [0.1, 0.15) is 0 Å². The molecule has 4 heterocycles. The number of halogens is 4. The molecule has 13 aromatic carbocycles. The lowest BCUT2D eigenvalue weighted by molar-refractivity contribution is 1.28. The van der Waals surface area contributed by atoms with Gasteiger partial charge in [0.2, 0.25) is 13.4 Å². The van der Waals surface area contributed by atoms with E-state index in [2.05, 4.69) is 317 Å². The normalized spacial score (nSPS) is 13.5. The average Bonchev–Trinajstić information content (AvgIpc) is 3.43. The van der Waals surface area contributed by atoms with Gasteiger partial charge in [-0.15, -0.1) is 0 Å². The largest absolute Gasteiger partial charge is 0.311 e. The predicted molar refractivity (Wildman–Crippen MR) is 359 cm³/mol. The minimum atomic E-state index is -3.26. The van der Waals surface area contributed by atoms with Gasteiger partial charge in [-0.05, 0) is 182 Å². The van der Waals surface area contributed by atoms with Gasteiger partial charge in [0.05, 0.1) is 0 Å². The smallest absolute Gasteiger partial charge is 0.248 e. The van der Waals surface area contributed by atoms with Crippen LogP contribution in [-0.2, 0) is 0 Å². The van der Waals surface area contributed by atoms with Crippen LogP contribution in [0.3, 0.4) is 0 Å². The Kier molecular flexibility index (Phi) is 10.5. The zero-order valence-corrected chi connectivity index (χ0v) is 50.4. The van der Waals surface area contributed by atoms with E-state index in [1.165, 1.54) is 136 Å². The van der Waals surface area contributed by atoms with E-state index in [1.54, 1.807) is 0 Å². The number of hydrogen-bond donors (Lipinski definition) is 0. The van der Waals surface area contributed by atoms with E-state index in [4.69, 9.17) is 0 Å². The second kappa shape index (κ2) is 17.6. The Morgan fingerprint density at radius 1 is 0.325 bits per heavy atom. The summed E-state index contributed by atoms with van der Waals surface area (Å²) < 4.78 is 4.22. The first-order chi connectivity index (χ1) is 39.3. The molecule has 2 nitrogen and oxygen atoms in total. The number of aryl methyl sites for hydroxylation is 1. The second-order valence-electron chi connectivity index (χ2n) is 22.0. The summed E-state index contributed by atoms with van der Waals surface area (Å²) in [5.41, 5.74) is 21.4. The van der Waals surface area contributed by atoms with Gasteiger partial charge in [0.15, 0.2) is 8.07 Å². The molecule has 0 spiro atoms. The summed E-state index contributed by atoms with van der Waals surface area (Å²) in [6, 6.07) is 90.6. The average molecular weight is 1290 g/mol. The number of nitrogens with zero attached hydrogens (tertiary/aromatic N) is 2. The van der Waals surface area contributed by atoms with Crippen molar-refractivity contribution in [1.82, 2.24) is 0 Å². The van der Waals surface area contributed by atoms with Crippen LogP contribution in [0.5, 0.6) is 0 Å². The molecule has 0 radical (unpaired) electrons. The van der Waals surface area contributed by atoms with E-state index in [0.717, 1.165) is 29.3 Å². The maximum absolute atomic E-state index is 4.19. The first-order valence-electron chi connectivity index (χ1n) is 27.2. The predicted octanol–water partition coefficient (Wildman–Crippen LogP) is 13.9. The van der Waals surface area contributed by atoms with Crippen LogP contribution < -0.4 is 63.3 Å². The number of fused-ring (bicyclic) bond motifs is 8. The molecular weight excluding hydrogens is 1250 g/mol. The van der Waals surface area contributed by atoms with Gasteiger partial charge in [0.25, 0.3) is 0 Å². The molecule has 9 heteroatoms. The maximum Gasteiger partial charge on any atom is 0.248 e. The lowest BCUT2D eigenvalue weighted by Crippen LogP contribution is -2.75. The number of hydrogen-bond acceptors (Lipinski definition) is 2. The fraction of sp³-hybridized carbons (Fsp3) is 0.0141. The van der Waals surface area contributed by atoms with Crippen LogP contribution in [0.4, 0.5) is 34.1 Å².